The predicted octanol–water partition coefficient (Wildman–Crippen LogP) is 3.04. The number of nitrogens with zero attached hydrogens (tertiary/aromatic N) is 3. The fourth-order valence-electron chi connectivity index (χ4n) is 4.81. The second-order valence-corrected chi connectivity index (χ2v) is 8.07. The first-order valence-corrected chi connectivity index (χ1v) is 9.98. The highest BCUT2D eigenvalue weighted by Gasteiger charge is 2.35. The van der Waals surface area contributed by atoms with Gasteiger partial charge in [0.15, 0.2) is 0 Å². The van der Waals surface area contributed by atoms with Crippen LogP contribution in [0.2, 0.25) is 0 Å². The third kappa shape index (κ3) is 2.99. The van der Waals surface area contributed by atoms with E-state index in [1.54, 1.807) is 20.1 Å². The normalized spacial score (nSPS) is 20.4. The zero-order valence-electron chi connectivity index (χ0n) is 16.6. The van der Waals surface area contributed by atoms with Crippen molar-refractivity contribution in [2.75, 3.05) is 20.2 Å². The number of carbonyl (C=O) groups is 1. The Balaban J connectivity index is 1.61. The molecular formula is C23H23N3O3. The van der Waals surface area contributed by atoms with Crippen LogP contribution in [0, 0.1) is 5.92 Å². The van der Waals surface area contributed by atoms with Gasteiger partial charge in [0, 0.05) is 55.2 Å². The Morgan fingerprint density at radius 2 is 2.00 bits per heavy atom. The quantitative estimate of drug-likeness (QED) is 0.676. The number of pyridine rings is 2. The molecule has 0 radical (unpaired) electrons. The van der Waals surface area contributed by atoms with Crippen molar-refractivity contribution in [1.82, 2.24) is 14.5 Å². The highest BCUT2D eigenvalue weighted by molar-refractivity contribution is 5.86. The van der Waals surface area contributed by atoms with Crippen LogP contribution in [0.1, 0.15) is 25.0 Å². The summed E-state index contributed by atoms with van der Waals surface area (Å²) in [5, 5.41) is 0.995. The molecular weight excluding hydrogens is 366 g/mol. The van der Waals surface area contributed by atoms with Crippen molar-refractivity contribution >= 4 is 16.8 Å². The van der Waals surface area contributed by atoms with Crippen LogP contribution in [0.15, 0.2) is 47.3 Å². The molecule has 6 nitrogen and oxygen atoms in total. The maximum absolute atomic E-state index is 12.9. The van der Waals surface area contributed by atoms with Crippen LogP contribution in [0.3, 0.4) is 0 Å². The molecule has 4 heterocycles. The number of para-hydroxylation sites is 1. The van der Waals surface area contributed by atoms with Gasteiger partial charge >= 0.3 is 0 Å². The first kappa shape index (κ1) is 17.9. The van der Waals surface area contributed by atoms with Gasteiger partial charge in [0.1, 0.15) is 11.3 Å². The number of ether oxygens (including phenoxy) is 1. The smallest absolute Gasteiger partial charge is 0.251 e. The lowest BCUT2D eigenvalue weighted by atomic mass is 9.82. The standard InChI is InChI=1S/C23H23N3O3/c1-14(27)25-11-15-8-18(13-25)20-9-17(10-22(28)26(20)12-15)19-7-6-16-4-3-5-21(29-2)23(16)24-19/h3-7,9-10,15,18H,8,11-13H2,1-2H3/t15-,18+/m0/s1. The first-order chi connectivity index (χ1) is 14.0. The summed E-state index contributed by atoms with van der Waals surface area (Å²) in [6, 6.07) is 13.5. The van der Waals surface area contributed by atoms with Crippen LogP contribution < -0.4 is 10.3 Å². The largest absolute Gasteiger partial charge is 0.494 e. The van der Waals surface area contributed by atoms with Gasteiger partial charge in [0.2, 0.25) is 5.91 Å². The molecule has 1 amide bonds. The second-order valence-electron chi connectivity index (χ2n) is 8.07. The minimum absolute atomic E-state index is 0.00500. The van der Waals surface area contributed by atoms with Crippen LogP contribution in [-0.4, -0.2) is 40.6 Å². The van der Waals surface area contributed by atoms with Gasteiger partial charge in [-0.2, -0.15) is 0 Å². The summed E-state index contributed by atoms with van der Waals surface area (Å²) in [6.45, 7) is 3.71. The zero-order valence-corrected chi connectivity index (χ0v) is 16.6. The monoisotopic (exact) mass is 389 g/mol. The molecule has 0 spiro atoms. The number of aromatic nitrogens is 2. The van der Waals surface area contributed by atoms with Gasteiger partial charge in [-0.1, -0.05) is 18.2 Å². The number of hydrogen-bond acceptors (Lipinski definition) is 4. The third-order valence-electron chi connectivity index (χ3n) is 6.20. The molecule has 2 bridgehead atoms. The summed E-state index contributed by atoms with van der Waals surface area (Å²) < 4.78 is 7.35. The summed E-state index contributed by atoms with van der Waals surface area (Å²) in [5.74, 6) is 1.35. The number of benzene rings is 1. The van der Waals surface area contributed by atoms with E-state index in [1.807, 2.05) is 39.8 Å². The Kier molecular flexibility index (Phi) is 4.15. The van der Waals surface area contributed by atoms with Gasteiger partial charge in [-0.3, -0.25) is 9.59 Å². The molecule has 2 atom stereocenters. The molecule has 0 saturated carbocycles. The van der Waals surface area contributed by atoms with Crippen LogP contribution in [0.5, 0.6) is 5.75 Å². The molecule has 2 aromatic heterocycles. The van der Waals surface area contributed by atoms with Crippen LogP contribution >= 0.6 is 0 Å². The summed E-state index contributed by atoms with van der Waals surface area (Å²) in [7, 11) is 1.63. The van der Waals surface area contributed by atoms with E-state index in [2.05, 4.69) is 6.07 Å². The van der Waals surface area contributed by atoms with Crippen molar-refractivity contribution in [3.63, 3.8) is 0 Å². The van der Waals surface area contributed by atoms with Crippen molar-refractivity contribution in [1.29, 1.82) is 0 Å². The lowest BCUT2D eigenvalue weighted by Gasteiger charge is -2.42. The Bertz CT molecular complexity index is 1180. The zero-order chi connectivity index (χ0) is 20.1. The topological polar surface area (TPSA) is 64.4 Å². The number of methoxy groups -OCH3 is 1. The van der Waals surface area contributed by atoms with Gasteiger partial charge in [0.25, 0.3) is 5.56 Å². The minimum atomic E-state index is 0.00500. The number of rotatable bonds is 2. The molecule has 3 aromatic rings. The highest BCUT2D eigenvalue weighted by atomic mass is 16.5. The maximum atomic E-state index is 12.9. The fourth-order valence-corrected chi connectivity index (χ4v) is 4.81. The Morgan fingerprint density at radius 1 is 1.14 bits per heavy atom. The highest BCUT2D eigenvalue weighted by Crippen LogP contribution is 2.36. The van der Waals surface area contributed by atoms with E-state index >= 15 is 0 Å². The first-order valence-electron chi connectivity index (χ1n) is 9.98. The molecule has 1 saturated heterocycles. The molecule has 2 aliphatic heterocycles. The Labute approximate surface area is 168 Å². The third-order valence-corrected chi connectivity index (χ3v) is 6.20. The van der Waals surface area contributed by atoms with Gasteiger partial charge in [-0.05, 0) is 30.5 Å². The Morgan fingerprint density at radius 3 is 2.79 bits per heavy atom. The number of fused-ring (bicyclic) bond motifs is 5. The molecule has 1 fully saturated rings. The maximum Gasteiger partial charge on any atom is 0.251 e. The van der Waals surface area contributed by atoms with Crippen LogP contribution in [0.4, 0.5) is 0 Å². The molecule has 0 aliphatic carbocycles. The van der Waals surface area contributed by atoms with Crippen molar-refractivity contribution in [2.24, 2.45) is 5.92 Å². The number of piperidine rings is 1. The lowest BCUT2D eigenvalue weighted by Crippen LogP contribution is -2.48. The summed E-state index contributed by atoms with van der Waals surface area (Å²) in [6.07, 6.45) is 1.02. The average Bonchev–Trinajstić information content (AvgIpc) is 2.73. The van der Waals surface area contributed by atoms with Crippen molar-refractivity contribution < 1.29 is 9.53 Å². The number of likely N-dealkylation sites (tertiary alicyclic amines) is 1. The van der Waals surface area contributed by atoms with E-state index in [0.717, 1.165) is 40.8 Å². The van der Waals surface area contributed by atoms with Crippen LogP contribution in [0.25, 0.3) is 22.2 Å². The van der Waals surface area contributed by atoms with E-state index < -0.39 is 0 Å². The van der Waals surface area contributed by atoms with Crippen molar-refractivity contribution in [3.05, 3.63) is 58.5 Å². The molecule has 0 unspecified atom stereocenters. The van der Waals surface area contributed by atoms with Gasteiger partial charge < -0.3 is 14.2 Å². The van der Waals surface area contributed by atoms with E-state index in [4.69, 9.17) is 9.72 Å². The molecule has 29 heavy (non-hydrogen) atoms. The minimum Gasteiger partial charge on any atom is -0.494 e. The molecule has 0 N–H and O–H groups in total. The summed E-state index contributed by atoms with van der Waals surface area (Å²) >= 11 is 0. The van der Waals surface area contributed by atoms with E-state index in [0.29, 0.717) is 24.8 Å². The van der Waals surface area contributed by atoms with E-state index in [9.17, 15) is 9.59 Å². The Hall–Kier alpha value is -3.15. The van der Waals surface area contributed by atoms with E-state index in [-0.39, 0.29) is 17.4 Å². The van der Waals surface area contributed by atoms with Gasteiger partial charge in [0.05, 0.1) is 12.8 Å². The fraction of sp³-hybridized carbons (Fsp3) is 0.348. The number of carbonyl (C=O) groups excluding carboxylic acids is 1. The SMILES string of the molecule is COc1cccc2ccc(-c3cc4n(c(=O)c3)C[C@H]3C[C@@H]4CN(C(C)=O)C3)nc12. The lowest BCUT2D eigenvalue weighted by molar-refractivity contribution is -0.131. The predicted molar refractivity (Wildman–Crippen MR) is 111 cm³/mol. The average molecular weight is 389 g/mol. The molecule has 1 aromatic carbocycles. The second kappa shape index (κ2) is 6.72. The van der Waals surface area contributed by atoms with Gasteiger partial charge in [-0.15, -0.1) is 0 Å². The summed E-state index contributed by atoms with van der Waals surface area (Å²) in [5.41, 5.74) is 3.36. The molecule has 6 heteroatoms. The molecule has 5 rings (SSSR count). The summed E-state index contributed by atoms with van der Waals surface area (Å²) in [4.78, 5) is 31.5. The number of hydrogen-bond donors (Lipinski definition) is 0. The molecule has 148 valence electrons. The number of amides is 1. The van der Waals surface area contributed by atoms with Gasteiger partial charge in [-0.25, -0.2) is 4.98 Å². The van der Waals surface area contributed by atoms with Crippen LogP contribution in [-0.2, 0) is 11.3 Å². The van der Waals surface area contributed by atoms with E-state index in [1.165, 1.54) is 0 Å². The molecule has 2 aliphatic rings. The van der Waals surface area contributed by atoms with Crippen molar-refractivity contribution in [3.8, 4) is 17.0 Å². The van der Waals surface area contributed by atoms with Crippen molar-refractivity contribution in [2.45, 2.75) is 25.8 Å².